The highest BCUT2D eigenvalue weighted by atomic mass is 16.5. The Bertz CT molecular complexity index is 1340. The van der Waals surface area contributed by atoms with E-state index < -0.39 is 0 Å². The second-order valence-electron chi connectivity index (χ2n) is 8.68. The minimum Gasteiger partial charge on any atom is -0.479 e. The molecule has 11 heteroatoms. The molecule has 1 aromatic carbocycles. The van der Waals surface area contributed by atoms with Crippen LogP contribution in [0, 0.1) is 0 Å². The van der Waals surface area contributed by atoms with Crippen LogP contribution in [-0.4, -0.2) is 67.9 Å². The van der Waals surface area contributed by atoms with Gasteiger partial charge in [-0.2, -0.15) is 4.98 Å². The van der Waals surface area contributed by atoms with Crippen molar-refractivity contribution in [2.45, 2.75) is 31.3 Å². The Hall–Kier alpha value is -3.73. The molecule has 0 atom stereocenters. The van der Waals surface area contributed by atoms with E-state index in [-0.39, 0.29) is 24.1 Å². The van der Waals surface area contributed by atoms with E-state index in [2.05, 4.69) is 31.0 Å². The zero-order chi connectivity index (χ0) is 23.2. The third-order valence-electron chi connectivity index (χ3n) is 6.04. The van der Waals surface area contributed by atoms with Crippen LogP contribution < -0.4 is 15.4 Å². The number of carbonyl (C=O) groups excluding carboxylic acids is 1. The minimum atomic E-state index is -0.263. The summed E-state index contributed by atoms with van der Waals surface area (Å²) in [7, 11) is 4.98. The molecule has 2 N–H and O–H groups in total. The number of amides is 1. The highest BCUT2D eigenvalue weighted by Gasteiger charge is 2.41. The Balaban J connectivity index is 1.38. The Morgan fingerprint density at radius 2 is 2.09 bits per heavy atom. The van der Waals surface area contributed by atoms with Gasteiger partial charge in [-0.3, -0.25) is 4.79 Å². The molecule has 5 rings (SSSR count). The Kier molecular flexibility index (Phi) is 5.12. The van der Waals surface area contributed by atoms with Crippen molar-refractivity contribution in [2.24, 2.45) is 7.05 Å². The van der Waals surface area contributed by atoms with Crippen LogP contribution in [0.2, 0.25) is 0 Å². The smallest absolute Gasteiger partial charge is 0.246 e. The standard InChI is InChI=1S/C22H26N8O3/c1-22(25-18(31)12-32-3)10-14(11-22)23-21-24-20(33-4)19-15(7-8-30(19)27-21)13-5-6-16-17(9-13)29(2)28-26-16/h5-9,14H,10-12H2,1-4H3,(H,23,27)(H,25,31). The molecule has 33 heavy (non-hydrogen) atoms. The molecular formula is C22H26N8O3. The highest BCUT2D eigenvalue weighted by Crippen LogP contribution is 2.35. The summed E-state index contributed by atoms with van der Waals surface area (Å²) in [6.45, 7) is 2.08. The van der Waals surface area contributed by atoms with E-state index in [0.29, 0.717) is 11.8 Å². The normalized spacial score (nSPS) is 20.1. The predicted octanol–water partition coefficient (Wildman–Crippen LogP) is 1.78. The number of aromatic nitrogens is 6. The fourth-order valence-corrected chi connectivity index (χ4v) is 4.55. The van der Waals surface area contributed by atoms with Gasteiger partial charge in [0.05, 0.1) is 12.6 Å². The van der Waals surface area contributed by atoms with E-state index in [1.54, 1.807) is 16.3 Å². The average molecular weight is 451 g/mol. The fourth-order valence-electron chi connectivity index (χ4n) is 4.55. The molecule has 1 saturated carbocycles. The SMILES string of the molecule is COCC(=O)NC1(C)CC(Nc2nc(OC)c3c(-c4ccc5nnn(C)c5c4)ccn3n2)C1. The second kappa shape index (κ2) is 8.00. The zero-order valence-corrected chi connectivity index (χ0v) is 19.0. The Morgan fingerprint density at radius 3 is 2.85 bits per heavy atom. The first-order chi connectivity index (χ1) is 15.9. The number of anilines is 1. The summed E-state index contributed by atoms with van der Waals surface area (Å²) in [5, 5.41) is 19.2. The van der Waals surface area contributed by atoms with Gasteiger partial charge in [-0.15, -0.1) is 10.2 Å². The van der Waals surface area contributed by atoms with E-state index in [9.17, 15) is 4.79 Å². The number of aryl methyl sites for hydroxylation is 1. The third kappa shape index (κ3) is 3.84. The predicted molar refractivity (Wildman–Crippen MR) is 122 cm³/mol. The van der Waals surface area contributed by atoms with Crippen LogP contribution >= 0.6 is 0 Å². The van der Waals surface area contributed by atoms with Gasteiger partial charge in [0, 0.05) is 37.5 Å². The molecule has 0 bridgehead atoms. The number of ether oxygens (including phenoxy) is 2. The van der Waals surface area contributed by atoms with Gasteiger partial charge in [-0.1, -0.05) is 11.3 Å². The second-order valence-corrected chi connectivity index (χ2v) is 8.68. The summed E-state index contributed by atoms with van der Waals surface area (Å²) < 4.78 is 14.0. The lowest BCUT2D eigenvalue weighted by atomic mass is 9.74. The molecular weight excluding hydrogens is 424 g/mol. The summed E-state index contributed by atoms with van der Waals surface area (Å²) in [6, 6.07) is 8.14. The van der Waals surface area contributed by atoms with Crippen molar-refractivity contribution in [3.8, 4) is 17.0 Å². The lowest BCUT2D eigenvalue weighted by Gasteiger charge is -2.45. The molecule has 0 saturated heterocycles. The largest absolute Gasteiger partial charge is 0.479 e. The number of hydrogen-bond acceptors (Lipinski definition) is 8. The van der Waals surface area contributed by atoms with Crippen LogP contribution in [0.4, 0.5) is 5.95 Å². The maximum atomic E-state index is 11.8. The third-order valence-corrected chi connectivity index (χ3v) is 6.04. The molecule has 0 radical (unpaired) electrons. The number of carbonyl (C=O) groups is 1. The quantitative estimate of drug-likeness (QED) is 0.437. The van der Waals surface area contributed by atoms with Crippen molar-refractivity contribution in [1.82, 2.24) is 34.9 Å². The Labute approximate surface area is 190 Å². The molecule has 172 valence electrons. The molecule has 4 aromatic rings. The van der Waals surface area contributed by atoms with Crippen LogP contribution in [0.25, 0.3) is 27.7 Å². The molecule has 0 unspecified atom stereocenters. The number of nitrogens with one attached hydrogen (secondary N) is 2. The topological polar surface area (TPSA) is 120 Å². The molecule has 0 spiro atoms. The van der Waals surface area contributed by atoms with E-state index >= 15 is 0 Å². The van der Waals surface area contributed by atoms with Crippen molar-refractivity contribution < 1.29 is 14.3 Å². The molecule has 1 aliphatic rings. The monoisotopic (exact) mass is 450 g/mol. The van der Waals surface area contributed by atoms with Gasteiger partial charge in [0.1, 0.15) is 17.6 Å². The van der Waals surface area contributed by atoms with Crippen LogP contribution in [0.3, 0.4) is 0 Å². The molecule has 1 fully saturated rings. The maximum absolute atomic E-state index is 11.8. The molecule has 3 aromatic heterocycles. The van der Waals surface area contributed by atoms with Crippen molar-refractivity contribution in [3.05, 3.63) is 30.5 Å². The van der Waals surface area contributed by atoms with Crippen molar-refractivity contribution in [3.63, 3.8) is 0 Å². The van der Waals surface area contributed by atoms with Gasteiger partial charge in [-0.05, 0) is 43.5 Å². The average Bonchev–Trinajstić information content (AvgIpc) is 3.35. The number of hydrogen-bond donors (Lipinski definition) is 2. The first-order valence-electron chi connectivity index (χ1n) is 10.7. The first-order valence-corrected chi connectivity index (χ1v) is 10.7. The number of methoxy groups -OCH3 is 2. The van der Waals surface area contributed by atoms with Gasteiger partial charge in [0.15, 0.2) is 0 Å². The first kappa shape index (κ1) is 21.1. The molecule has 0 aliphatic heterocycles. The van der Waals surface area contributed by atoms with Crippen molar-refractivity contribution >= 4 is 28.4 Å². The summed E-state index contributed by atoms with van der Waals surface area (Å²) in [4.78, 5) is 16.4. The van der Waals surface area contributed by atoms with Gasteiger partial charge in [0.25, 0.3) is 0 Å². The number of benzene rings is 1. The molecule has 3 heterocycles. The molecule has 1 aliphatic carbocycles. The number of rotatable bonds is 7. The summed E-state index contributed by atoms with van der Waals surface area (Å²) in [5.74, 6) is 0.840. The highest BCUT2D eigenvalue weighted by molar-refractivity contribution is 5.89. The van der Waals surface area contributed by atoms with E-state index in [1.807, 2.05) is 44.4 Å². The van der Waals surface area contributed by atoms with E-state index in [1.165, 1.54) is 7.11 Å². The van der Waals surface area contributed by atoms with Crippen LogP contribution in [-0.2, 0) is 16.6 Å². The lowest BCUT2D eigenvalue weighted by molar-refractivity contribution is -0.127. The maximum Gasteiger partial charge on any atom is 0.246 e. The van der Waals surface area contributed by atoms with E-state index in [4.69, 9.17) is 9.47 Å². The van der Waals surface area contributed by atoms with Gasteiger partial charge in [-0.25, -0.2) is 9.20 Å². The number of nitrogens with zero attached hydrogens (tertiary/aromatic N) is 6. The zero-order valence-electron chi connectivity index (χ0n) is 19.0. The lowest BCUT2D eigenvalue weighted by Crippen LogP contribution is -2.60. The summed E-state index contributed by atoms with van der Waals surface area (Å²) in [6.07, 6.45) is 3.42. The molecule has 11 nitrogen and oxygen atoms in total. The van der Waals surface area contributed by atoms with Crippen molar-refractivity contribution in [1.29, 1.82) is 0 Å². The minimum absolute atomic E-state index is 0.0602. The van der Waals surface area contributed by atoms with Gasteiger partial charge in [0.2, 0.25) is 17.7 Å². The van der Waals surface area contributed by atoms with E-state index in [0.717, 1.165) is 40.5 Å². The van der Waals surface area contributed by atoms with Gasteiger partial charge >= 0.3 is 0 Å². The number of fused-ring (bicyclic) bond motifs is 2. The fraction of sp³-hybridized carbons (Fsp3) is 0.409. The van der Waals surface area contributed by atoms with Crippen molar-refractivity contribution in [2.75, 3.05) is 26.1 Å². The molecule has 1 amide bonds. The van der Waals surface area contributed by atoms with Crippen LogP contribution in [0.5, 0.6) is 5.88 Å². The van der Waals surface area contributed by atoms with Crippen LogP contribution in [0.15, 0.2) is 30.5 Å². The van der Waals surface area contributed by atoms with Gasteiger partial charge < -0.3 is 20.1 Å². The van der Waals surface area contributed by atoms with Crippen LogP contribution in [0.1, 0.15) is 19.8 Å². The summed E-state index contributed by atoms with van der Waals surface area (Å²) >= 11 is 0. The Morgan fingerprint density at radius 1 is 1.27 bits per heavy atom. The summed E-state index contributed by atoms with van der Waals surface area (Å²) in [5.41, 5.74) is 4.25.